The number of nitrogens with zero attached hydrogens (tertiary/aromatic N) is 3. The molecule has 1 aliphatic carbocycles. The van der Waals surface area contributed by atoms with Gasteiger partial charge in [-0.15, -0.1) is 0 Å². The highest BCUT2D eigenvalue weighted by atomic mass is 15.2. The second-order valence-corrected chi connectivity index (χ2v) is 7.96. The van der Waals surface area contributed by atoms with E-state index < -0.39 is 0 Å². The van der Waals surface area contributed by atoms with Crippen molar-refractivity contribution < 1.29 is 0 Å². The van der Waals surface area contributed by atoms with E-state index in [9.17, 15) is 0 Å². The molecule has 1 aromatic carbocycles. The Hall–Kier alpha value is -2.40. The van der Waals surface area contributed by atoms with Gasteiger partial charge in [0, 0.05) is 11.7 Å². The number of likely N-dealkylation sites (tertiary alicyclic amines) is 1. The maximum Gasteiger partial charge on any atom is 0.143 e. The zero-order valence-electron chi connectivity index (χ0n) is 15.9. The fourth-order valence-electron chi connectivity index (χ4n) is 4.89. The van der Waals surface area contributed by atoms with Crippen molar-refractivity contribution >= 4 is 16.9 Å². The summed E-state index contributed by atoms with van der Waals surface area (Å²) in [6, 6.07) is 11.8. The van der Waals surface area contributed by atoms with Crippen LogP contribution in [-0.4, -0.2) is 39.0 Å². The first kappa shape index (κ1) is 16.8. The van der Waals surface area contributed by atoms with Gasteiger partial charge >= 0.3 is 0 Å². The van der Waals surface area contributed by atoms with Gasteiger partial charge in [-0.2, -0.15) is 0 Å². The summed E-state index contributed by atoms with van der Waals surface area (Å²) >= 11 is 0. The van der Waals surface area contributed by atoms with E-state index in [0.717, 1.165) is 29.0 Å². The zero-order chi connectivity index (χ0) is 18.2. The molecule has 1 fully saturated rings. The lowest BCUT2D eigenvalue weighted by atomic mass is 9.82. The van der Waals surface area contributed by atoms with Gasteiger partial charge in [0.05, 0.1) is 11.4 Å². The van der Waals surface area contributed by atoms with E-state index in [1.54, 1.807) is 6.33 Å². The molecule has 0 spiro atoms. The van der Waals surface area contributed by atoms with Crippen molar-refractivity contribution in [2.24, 2.45) is 0 Å². The minimum atomic E-state index is 0.265. The molecule has 1 aliphatic heterocycles. The molecule has 5 heteroatoms. The summed E-state index contributed by atoms with van der Waals surface area (Å²) in [5.41, 5.74) is 4.92. The number of piperidine rings is 1. The third-order valence-corrected chi connectivity index (χ3v) is 6.20. The van der Waals surface area contributed by atoms with Crippen LogP contribution in [0.2, 0.25) is 0 Å². The van der Waals surface area contributed by atoms with Crippen LogP contribution in [0.25, 0.3) is 11.0 Å². The Labute approximate surface area is 160 Å². The number of fused-ring (bicyclic) bond motifs is 2. The molecular formula is C22H27N5. The van der Waals surface area contributed by atoms with Crippen molar-refractivity contribution in [3.63, 3.8) is 0 Å². The number of rotatable bonds is 3. The Kier molecular flexibility index (Phi) is 4.32. The summed E-state index contributed by atoms with van der Waals surface area (Å²) in [7, 11) is 0. The summed E-state index contributed by atoms with van der Waals surface area (Å²) in [5.74, 6) is 0.938. The minimum Gasteiger partial charge on any atom is -0.361 e. The highest BCUT2D eigenvalue weighted by Crippen LogP contribution is 2.37. The first-order chi connectivity index (χ1) is 13.3. The van der Waals surface area contributed by atoms with Gasteiger partial charge in [-0.25, -0.2) is 9.97 Å². The zero-order valence-corrected chi connectivity index (χ0v) is 15.9. The average Bonchev–Trinajstić information content (AvgIpc) is 3.10. The topological polar surface area (TPSA) is 56.8 Å². The number of hydrogen-bond acceptors (Lipinski definition) is 4. The van der Waals surface area contributed by atoms with Crippen molar-refractivity contribution in [3.05, 3.63) is 53.5 Å². The third kappa shape index (κ3) is 3.10. The molecule has 0 bridgehead atoms. The predicted molar refractivity (Wildman–Crippen MR) is 109 cm³/mol. The Morgan fingerprint density at radius 1 is 1.11 bits per heavy atom. The molecule has 0 amide bonds. The minimum absolute atomic E-state index is 0.265. The molecule has 0 radical (unpaired) electrons. The fourth-order valence-corrected chi connectivity index (χ4v) is 4.89. The second kappa shape index (κ2) is 6.97. The van der Waals surface area contributed by atoms with Gasteiger partial charge < -0.3 is 10.3 Å². The van der Waals surface area contributed by atoms with E-state index in [-0.39, 0.29) is 6.04 Å². The molecule has 5 nitrogen and oxygen atoms in total. The Morgan fingerprint density at radius 3 is 2.85 bits per heavy atom. The van der Waals surface area contributed by atoms with Crippen LogP contribution >= 0.6 is 0 Å². The van der Waals surface area contributed by atoms with Gasteiger partial charge in [-0.1, -0.05) is 30.7 Å². The van der Waals surface area contributed by atoms with Crippen LogP contribution in [0.1, 0.15) is 48.5 Å². The Morgan fingerprint density at radius 2 is 1.96 bits per heavy atom. The summed E-state index contributed by atoms with van der Waals surface area (Å²) in [6.45, 7) is 4.50. The normalized spacial score (nSPS) is 23.3. The Balaban J connectivity index is 1.54. The largest absolute Gasteiger partial charge is 0.361 e. The first-order valence-electron chi connectivity index (χ1n) is 10.2. The van der Waals surface area contributed by atoms with Crippen molar-refractivity contribution in [2.75, 3.05) is 18.4 Å². The molecule has 2 N–H and O–H groups in total. The molecule has 3 aromatic rings. The lowest BCUT2D eigenvalue weighted by Crippen LogP contribution is -2.47. The van der Waals surface area contributed by atoms with Gasteiger partial charge in [0.1, 0.15) is 17.8 Å². The SMILES string of the molecule is Cc1cc2c(NC3c4ccccc4CCC3N3CCCCC3)ncnc2[nH]1. The van der Waals surface area contributed by atoms with Crippen molar-refractivity contribution in [3.8, 4) is 0 Å². The smallest absolute Gasteiger partial charge is 0.143 e. The number of hydrogen-bond donors (Lipinski definition) is 2. The number of aromatic amines is 1. The standard InChI is InChI=1S/C22H27N5/c1-15-13-18-21(25-15)23-14-24-22(18)26-20-17-8-4-3-7-16(17)9-10-19(20)27-11-5-2-6-12-27/h3-4,7-8,13-14,19-20H,2,5-6,9-12H2,1H3,(H2,23,24,25,26). The van der Waals surface area contributed by atoms with Crippen LogP contribution in [0.15, 0.2) is 36.7 Å². The van der Waals surface area contributed by atoms with Crippen LogP contribution in [0.5, 0.6) is 0 Å². The second-order valence-electron chi connectivity index (χ2n) is 7.96. The number of aryl methyl sites for hydroxylation is 2. The van der Waals surface area contributed by atoms with Crippen LogP contribution < -0.4 is 5.32 Å². The molecule has 3 heterocycles. The van der Waals surface area contributed by atoms with Crippen molar-refractivity contribution in [1.29, 1.82) is 0 Å². The summed E-state index contributed by atoms with van der Waals surface area (Å²) < 4.78 is 0. The van der Waals surface area contributed by atoms with Gasteiger partial charge in [-0.05, 0) is 62.9 Å². The third-order valence-electron chi connectivity index (χ3n) is 6.20. The van der Waals surface area contributed by atoms with Gasteiger partial charge in [0.2, 0.25) is 0 Å². The maximum atomic E-state index is 4.61. The van der Waals surface area contributed by atoms with E-state index in [4.69, 9.17) is 0 Å². The molecule has 5 rings (SSSR count). The molecule has 1 saturated heterocycles. The predicted octanol–water partition coefficient (Wildman–Crippen LogP) is 4.22. The van der Waals surface area contributed by atoms with E-state index in [1.807, 2.05) is 0 Å². The van der Waals surface area contributed by atoms with Crippen LogP contribution in [0, 0.1) is 6.92 Å². The molecule has 2 aliphatic rings. The molecule has 2 unspecified atom stereocenters. The van der Waals surface area contributed by atoms with Gasteiger partial charge in [-0.3, -0.25) is 4.90 Å². The maximum absolute atomic E-state index is 4.61. The molecule has 2 atom stereocenters. The number of aromatic nitrogens is 3. The molecular weight excluding hydrogens is 334 g/mol. The fraction of sp³-hybridized carbons (Fsp3) is 0.455. The number of nitrogens with one attached hydrogen (secondary N) is 2. The number of H-pyrrole nitrogens is 1. The summed E-state index contributed by atoms with van der Waals surface area (Å²) in [4.78, 5) is 15.0. The van der Waals surface area contributed by atoms with Crippen molar-refractivity contribution in [1.82, 2.24) is 19.9 Å². The van der Waals surface area contributed by atoms with Gasteiger partial charge in [0.25, 0.3) is 0 Å². The highest BCUT2D eigenvalue weighted by molar-refractivity contribution is 5.87. The quantitative estimate of drug-likeness (QED) is 0.733. The highest BCUT2D eigenvalue weighted by Gasteiger charge is 2.34. The van der Waals surface area contributed by atoms with Gasteiger partial charge in [0.15, 0.2) is 0 Å². The lowest BCUT2D eigenvalue weighted by molar-refractivity contribution is 0.134. The molecule has 0 saturated carbocycles. The van der Waals surface area contributed by atoms with E-state index in [2.05, 4.69) is 62.4 Å². The van der Waals surface area contributed by atoms with E-state index in [0.29, 0.717) is 6.04 Å². The lowest BCUT2D eigenvalue weighted by Gasteiger charge is -2.43. The van der Waals surface area contributed by atoms with E-state index >= 15 is 0 Å². The first-order valence-corrected chi connectivity index (χ1v) is 10.2. The Bertz CT molecular complexity index is 941. The number of benzene rings is 1. The van der Waals surface area contributed by atoms with E-state index in [1.165, 1.54) is 49.9 Å². The van der Waals surface area contributed by atoms with Crippen LogP contribution in [0.4, 0.5) is 5.82 Å². The van der Waals surface area contributed by atoms with Crippen LogP contribution in [-0.2, 0) is 6.42 Å². The monoisotopic (exact) mass is 361 g/mol. The summed E-state index contributed by atoms with van der Waals surface area (Å²) in [5, 5.41) is 4.91. The molecule has 2 aromatic heterocycles. The van der Waals surface area contributed by atoms with Crippen LogP contribution in [0.3, 0.4) is 0 Å². The summed E-state index contributed by atoms with van der Waals surface area (Å²) in [6.07, 6.45) is 8.03. The number of anilines is 1. The average molecular weight is 361 g/mol. The molecule has 27 heavy (non-hydrogen) atoms. The van der Waals surface area contributed by atoms with Crippen molar-refractivity contribution in [2.45, 2.75) is 51.1 Å². The molecule has 140 valence electrons.